The van der Waals surface area contributed by atoms with Crippen molar-refractivity contribution in [1.29, 1.82) is 0 Å². The van der Waals surface area contributed by atoms with Crippen LogP contribution in [0.4, 0.5) is 0 Å². The fraction of sp³-hybridized carbons (Fsp3) is 0.667. The second kappa shape index (κ2) is 14.7. The number of hydrogen-bond donors (Lipinski definition) is 1. The van der Waals surface area contributed by atoms with Crippen LogP contribution in [0.2, 0.25) is 10.0 Å². The molecule has 166 valence electrons. The monoisotopic (exact) mass is 557 g/mol. The Morgan fingerprint density at radius 2 is 1.90 bits per heavy atom. The van der Waals surface area contributed by atoms with Crippen LogP contribution >= 0.6 is 47.2 Å². The number of ether oxygens (including phenoxy) is 2. The van der Waals surface area contributed by atoms with Crippen molar-refractivity contribution in [2.45, 2.75) is 45.1 Å². The molecule has 0 amide bonds. The minimum Gasteiger partial charge on any atom is -0.385 e. The van der Waals surface area contributed by atoms with Crippen LogP contribution in [0.1, 0.15) is 44.6 Å². The van der Waals surface area contributed by atoms with Crippen LogP contribution in [0.3, 0.4) is 0 Å². The molecule has 29 heavy (non-hydrogen) atoms. The van der Waals surface area contributed by atoms with Crippen LogP contribution in [0.25, 0.3) is 0 Å². The van der Waals surface area contributed by atoms with Gasteiger partial charge >= 0.3 is 0 Å². The van der Waals surface area contributed by atoms with Crippen molar-refractivity contribution < 1.29 is 9.47 Å². The Labute approximate surface area is 202 Å². The van der Waals surface area contributed by atoms with Gasteiger partial charge in [0.05, 0.1) is 6.10 Å². The average Bonchev–Trinajstić information content (AvgIpc) is 2.69. The van der Waals surface area contributed by atoms with Gasteiger partial charge in [-0.1, -0.05) is 36.2 Å². The van der Waals surface area contributed by atoms with Crippen LogP contribution < -0.4 is 5.32 Å². The van der Waals surface area contributed by atoms with Gasteiger partial charge in [0.2, 0.25) is 0 Å². The summed E-state index contributed by atoms with van der Waals surface area (Å²) in [6, 6.07) is 5.63. The van der Waals surface area contributed by atoms with E-state index in [0.717, 1.165) is 63.6 Å². The largest absolute Gasteiger partial charge is 0.385 e. The molecule has 1 saturated heterocycles. The van der Waals surface area contributed by atoms with Crippen LogP contribution in [-0.2, 0) is 9.47 Å². The van der Waals surface area contributed by atoms with Gasteiger partial charge in [0.25, 0.3) is 0 Å². The van der Waals surface area contributed by atoms with E-state index in [-0.39, 0.29) is 29.9 Å². The number of benzene rings is 1. The number of rotatable bonds is 9. The molecule has 2 rings (SSSR count). The Bertz CT molecular complexity index is 606. The van der Waals surface area contributed by atoms with Crippen molar-refractivity contribution in [3.05, 3.63) is 33.8 Å². The zero-order chi connectivity index (χ0) is 20.4. The molecule has 1 N–H and O–H groups in total. The molecular formula is C21H34Cl2IN3O2. The summed E-state index contributed by atoms with van der Waals surface area (Å²) in [5, 5.41) is 4.82. The molecule has 0 aliphatic carbocycles. The second-order valence-electron chi connectivity index (χ2n) is 7.13. The third-order valence-electron chi connectivity index (χ3n) is 4.93. The van der Waals surface area contributed by atoms with Crippen molar-refractivity contribution in [3.8, 4) is 0 Å². The topological polar surface area (TPSA) is 46.1 Å². The predicted molar refractivity (Wildman–Crippen MR) is 133 cm³/mol. The zero-order valence-electron chi connectivity index (χ0n) is 17.6. The third-order valence-corrected chi connectivity index (χ3v) is 5.59. The molecule has 5 nitrogen and oxygen atoms in total. The van der Waals surface area contributed by atoms with Gasteiger partial charge in [-0.25, -0.2) is 0 Å². The van der Waals surface area contributed by atoms with E-state index < -0.39 is 0 Å². The van der Waals surface area contributed by atoms with Gasteiger partial charge < -0.3 is 19.7 Å². The number of guanidine groups is 1. The summed E-state index contributed by atoms with van der Waals surface area (Å²) in [4.78, 5) is 7.18. The summed E-state index contributed by atoms with van der Waals surface area (Å²) < 4.78 is 11.0. The highest BCUT2D eigenvalue weighted by molar-refractivity contribution is 14.0. The van der Waals surface area contributed by atoms with Gasteiger partial charge in [-0.05, 0) is 43.9 Å². The van der Waals surface area contributed by atoms with Crippen molar-refractivity contribution >= 4 is 53.1 Å². The molecular weight excluding hydrogens is 524 g/mol. The molecule has 0 aromatic heterocycles. The number of piperidine rings is 1. The van der Waals surface area contributed by atoms with E-state index in [2.05, 4.69) is 24.1 Å². The maximum absolute atomic E-state index is 6.35. The number of hydrogen-bond acceptors (Lipinski definition) is 3. The van der Waals surface area contributed by atoms with E-state index in [0.29, 0.717) is 22.7 Å². The third kappa shape index (κ3) is 8.77. The minimum atomic E-state index is 0. The molecule has 0 bridgehead atoms. The zero-order valence-corrected chi connectivity index (χ0v) is 21.5. The Morgan fingerprint density at radius 1 is 1.24 bits per heavy atom. The lowest BCUT2D eigenvalue weighted by Crippen LogP contribution is -2.47. The summed E-state index contributed by atoms with van der Waals surface area (Å²) in [6.07, 6.45) is 3.31. The number of halogens is 3. The molecule has 1 unspecified atom stereocenters. The first kappa shape index (κ1) is 26.8. The molecule has 1 aromatic carbocycles. The number of nitrogens with zero attached hydrogens (tertiary/aromatic N) is 2. The molecule has 1 aliphatic heterocycles. The highest BCUT2D eigenvalue weighted by Crippen LogP contribution is 2.31. The SMILES string of the molecule is CCNC(=NCC(C)c1c(Cl)cccc1Cl)N1CCC(OCCCOC)CC1.I. The Hall–Kier alpha value is -0.280. The van der Waals surface area contributed by atoms with E-state index in [1.165, 1.54) is 0 Å². The summed E-state index contributed by atoms with van der Waals surface area (Å²) in [5.74, 6) is 1.10. The number of methoxy groups -OCH3 is 1. The van der Waals surface area contributed by atoms with Gasteiger partial charge in [0.1, 0.15) is 0 Å². The molecule has 8 heteroatoms. The predicted octanol–water partition coefficient (Wildman–Crippen LogP) is 5.20. The summed E-state index contributed by atoms with van der Waals surface area (Å²) in [5.41, 5.74) is 0.966. The lowest BCUT2D eigenvalue weighted by atomic mass is 10.0. The van der Waals surface area contributed by atoms with Crippen LogP contribution in [0, 0.1) is 0 Å². The van der Waals surface area contributed by atoms with Crippen LogP contribution in [-0.4, -0.2) is 63.5 Å². The molecule has 1 aromatic rings. The Morgan fingerprint density at radius 3 is 2.48 bits per heavy atom. The van der Waals surface area contributed by atoms with Crippen molar-refractivity contribution in [2.75, 3.05) is 46.5 Å². The first-order valence-electron chi connectivity index (χ1n) is 10.1. The van der Waals surface area contributed by atoms with Gasteiger partial charge in [-0.3, -0.25) is 4.99 Å². The minimum absolute atomic E-state index is 0. The number of nitrogens with one attached hydrogen (secondary N) is 1. The fourth-order valence-electron chi connectivity index (χ4n) is 3.41. The molecule has 1 fully saturated rings. The summed E-state index contributed by atoms with van der Waals surface area (Å²) >= 11 is 12.7. The standard InChI is InChI=1S/C21H33Cl2N3O2.HI/c1-4-24-21(25-15-16(2)20-18(22)7-5-8-19(20)23)26-11-9-17(10-12-26)28-14-6-13-27-3;/h5,7-8,16-17H,4,6,9-15H2,1-3H3,(H,24,25);1H. The van der Waals surface area contributed by atoms with Crippen molar-refractivity contribution in [1.82, 2.24) is 10.2 Å². The molecule has 1 atom stereocenters. The Kier molecular flexibility index (Phi) is 13.5. The number of likely N-dealkylation sites (tertiary alicyclic amines) is 1. The smallest absolute Gasteiger partial charge is 0.193 e. The van der Waals surface area contributed by atoms with Gasteiger partial charge in [0.15, 0.2) is 5.96 Å². The Balaban J connectivity index is 0.00000420. The lowest BCUT2D eigenvalue weighted by Gasteiger charge is -2.34. The quantitative estimate of drug-likeness (QED) is 0.196. The van der Waals surface area contributed by atoms with Gasteiger partial charge in [0, 0.05) is 62.5 Å². The molecule has 0 saturated carbocycles. The van der Waals surface area contributed by atoms with E-state index in [4.69, 9.17) is 37.7 Å². The van der Waals surface area contributed by atoms with E-state index in [1.54, 1.807) is 7.11 Å². The van der Waals surface area contributed by atoms with Crippen LogP contribution in [0.5, 0.6) is 0 Å². The van der Waals surface area contributed by atoms with Gasteiger partial charge in [-0.2, -0.15) is 0 Å². The second-order valence-corrected chi connectivity index (χ2v) is 7.95. The maximum Gasteiger partial charge on any atom is 0.193 e. The molecule has 1 aliphatic rings. The molecule has 0 spiro atoms. The highest BCUT2D eigenvalue weighted by atomic mass is 127. The maximum atomic E-state index is 6.35. The average molecular weight is 558 g/mol. The lowest BCUT2D eigenvalue weighted by molar-refractivity contribution is 0.00990. The summed E-state index contributed by atoms with van der Waals surface area (Å²) in [6.45, 7) is 9.10. The van der Waals surface area contributed by atoms with Crippen LogP contribution in [0.15, 0.2) is 23.2 Å². The van der Waals surface area contributed by atoms with Gasteiger partial charge in [-0.15, -0.1) is 24.0 Å². The molecule has 1 heterocycles. The highest BCUT2D eigenvalue weighted by Gasteiger charge is 2.22. The first-order valence-corrected chi connectivity index (χ1v) is 10.9. The van der Waals surface area contributed by atoms with Crippen molar-refractivity contribution in [3.63, 3.8) is 0 Å². The number of aliphatic imine (C=N–C) groups is 1. The van der Waals surface area contributed by atoms with E-state index in [9.17, 15) is 0 Å². The van der Waals surface area contributed by atoms with Crippen molar-refractivity contribution in [2.24, 2.45) is 4.99 Å². The normalized spacial score (nSPS) is 16.4. The van der Waals surface area contributed by atoms with E-state index >= 15 is 0 Å². The fourth-order valence-corrected chi connectivity index (χ4v) is 4.18. The first-order chi connectivity index (χ1) is 13.6. The van der Waals surface area contributed by atoms with E-state index in [1.807, 2.05) is 18.2 Å². The molecule has 0 radical (unpaired) electrons. The summed E-state index contributed by atoms with van der Waals surface area (Å²) in [7, 11) is 1.72.